The van der Waals surface area contributed by atoms with Crippen molar-refractivity contribution in [1.82, 2.24) is 30.8 Å². The third-order valence-corrected chi connectivity index (χ3v) is 3.62. The first-order valence-electron chi connectivity index (χ1n) is 6.49. The van der Waals surface area contributed by atoms with Crippen LogP contribution in [-0.4, -0.2) is 68.3 Å². The molecule has 0 aliphatic heterocycles. The van der Waals surface area contributed by atoms with Crippen LogP contribution >= 0.6 is 0 Å². The second-order valence-electron chi connectivity index (χ2n) is 4.35. The van der Waals surface area contributed by atoms with Gasteiger partial charge in [-0.25, -0.2) is 25.3 Å². The SMILES string of the molecule is C[O+]=C1C=CCC=C1.N.N.N.N.N.O=S(=O)([O-])C(F)(F)F.O=S(=O)([O-])C(F)(F)F.O=S(=O)([O-])C(F)(F)F.[Os+2]. The van der Waals surface area contributed by atoms with Gasteiger partial charge in [0.1, 0.15) is 0 Å². The predicted molar refractivity (Wildman–Crippen MR) is 106 cm³/mol. The summed E-state index contributed by atoms with van der Waals surface area (Å²) in [4.78, 5) is 0. The van der Waals surface area contributed by atoms with Crippen molar-refractivity contribution in [2.45, 2.75) is 22.9 Å². The minimum atomic E-state index is -6.09. The molecule has 15 N–H and O–H groups in total. The van der Waals surface area contributed by atoms with Crippen LogP contribution in [0.3, 0.4) is 0 Å². The zero-order valence-electron chi connectivity index (χ0n) is 18.6. The van der Waals surface area contributed by atoms with E-state index in [2.05, 4.69) is 12.2 Å². The van der Waals surface area contributed by atoms with E-state index in [-0.39, 0.29) is 50.5 Å². The van der Waals surface area contributed by atoms with Gasteiger partial charge in [-0.3, -0.25) is 4.42 Å². The van der Waals surface area contributed by atoms with Crippen LogP contribution in [0.15, 0.2) is 24.3 Å². The summed E-state index contributed by atoms with van der Waals surface area (Å²) in [6.45, 7) is 0. The van der Waals surface area contributed by atoms with Crippen molar-refractivity contribution in [1.29, 1.82) is 0 Å². The van der Waals surface area contributed by atoms with Gasteiger partial charge in [0.05, 0.1) is 0 Å². The van der Waals surface area contributed by atoms with Crippen molar-refractivity contribution in [3.8, 4) is 0 Å². The van der Waals surface area contributed by atoms with Crippen LogP contribution in [0.1, 0.15) is 6.42 Å². The zero-order valence-corrected chi connectivity index (χ0v) is 23.6. The van der Waals surface area contributed by atoms with Gasteiger partial charge in [-0.1, -0.05) is 12.2 Å². The number of hydrogen-bond acceptors (Lipinski definition) is 14. The van der Waals surface area contributed by atoms with Crippen molar-refractivity contribution < 1.29 is 103 Å². The Morgan fingerprint density at radius 1 is 0.605 bits per heavy atom. The number of allylic oxidation sites excluding steroid dienone is 4. The van der Waals surface area contributed by atoms with Crippen LogP contribution in [0.2, 0.25) is 0 Å². The second kappa shape index (κ2) is 22.5. The normalized spacial score (nSPS) is 12.4. The summed E-state index contributed by atoms with van der Waals surface area (Å²) in [5, 5.41) is 0. The number of carbonyl (C=O) groups excluding carboxylic acids is 1. The van der Waals surface area contributed by atoms with E-state index in [1.165, 1.54) is 0 Å². The molecular formula is C10H24F9N5O10OsS3. The maximum Gasteiger partial charge on any atom is 2.00 e. The molecule has 0 spiro atoms. The minimum absolute atomic E-state index is 0. The van der Waals surface area contributed by atoms with Crippen LogP contribution in [0.25, 0.3) is 0 Å². The number of rotatable bonds is 0. The molecule has 0 saturated carbocycles. The molecule has 15 nitrogen and oxygen atoms in total. The average Bonchev–Trinajstić information content (AvgIpc) is 2.51. The molecule has 1 aliphatic carbocycles. The smallest absolute Gasteiger partial charge is 0.741 e. The van der Waals surface area contributed by atoms with Crippen LogP contribution in [0.4, 0.5) is 39.5 Å². The van der Waals surface area contributed by atoms with Gasteiger partial charge in [-0.15, -0.1) is 0 Å². The summed E-state index contributed by atoms with van der Waals surface area (Å²) < 4.78 is 182. The molecule has 28 heteroatoms. The Morgan fingerprint density at radius 2 is 0.763 bits per heavy atom. The van der Waals surface area contributed by atoms with Gasteiger partial charge in [0.15, 0.2) is 30.4 Å². The summed E-state index contributed by atoms with van der Waals surface area (Å²) in [7, 11) is -16.6. The first kappa shape index (κ1) is 61.0. The second-order valence-corrected chi connectivity index (χ2v) is 8.46. The average molecular weight is 832 g/mol. The van der Waals surface area contributed by atoms with E-state index in [4.69, 9.17) is 43.3 Å². The topological polar surface area (TPSA) is 358 Å². The first-order chi connectivity index (χ1) is 13.7. The summed E-state index contributed by atoms with van der Waals surface area (Å²) in [6.07, 6.45) is 9.12. The van der Waals surface area contributed by atoms with Crippen molar-refractivity contribution in [3.63, 3.8) is 0 Å². The molecule has 0 amide bonds. The van der Waals surface area contributed by atoms with E-state index in [1.54, 1.807) is 7.11 Å². The molecule has 0 aromatic heterocycles. The Kier molecular flexibility index (Phi) is 36.1. The van der Waals surface area contributed by atoms with Gasteiger partial charge in [0.25, 0.3) is 7.11 Å². The van der Waals surface area contributed by atoms with Gasteiger partial charge in [0, 0.05) is 12.2 Å². The number of ketones is 1. The van der Waals surface area contributed by atoms with Gasteiger partial charge >= 0.3 is 42.1 Å². The standard InChI is InChI=1S/C7H9O.3CHF3O3S.5H3N.Os/c1-8-7-5-3-2-4-6-7;3*2-1(3,4)8(5,6)7;;;;;;/h3-6H,2H2,1H3;3*(H,5,6,7);5*1H3;/q+1;;;;;;;;;+2/p-3. The molecule has 1 aliphatic rings. The largest absolute Gasteiger partial charge is 2.00 e. The molecule has 0 saturated heterocycles. The van der Waals surface area contributed by atoms with Crippen LogP contribution in [0, 0.1) is 0 Å². The van der Waals surface area contributed by atoms with E-state index >= 15 is 0 Å². The molecule has 0 fully saturated rings. The Balaban J connectivity index is -0.0000000400. The Hall–Kier alpha value is -1.31. The molecule has 0 aromatic carbocycles. The van der Waals surface area contributed by atoms with E-state index in [9.17, 15) is 39.5 Å². The summed E-state index contributed by atoms with van der Waals surface area (Å²) in [5.41, 5.74) is -16.9. The molecular weight excluding hydrogens is 808 g/mol. The summed E-state index contributed by atoms with van der Waals surface area (Å²) in [6, 6.07) is 0. The zero-order chi connectivity index (χ0) is 26.8. The number of hydrogen-bond donors (Lipinski definition) is 5. The molecule has 0 aromatic rings. The van der Waals surface area contributed by atoms with E-state index in [0.29, 0.717) is 0 Å². The van der Waals surface area contributed by atoms with E-state index in [1.807, 2.05) is 12.2 Å². The van der Waals surface area contributed by atoms with Crippen molar-refractivity contribution in [2.24, 2.45) is 0 Å². The summed E-state index contributed by atoms with van der Waals surface area (Å²) in [5.74, 6) is 0.941. The quantitative estimate of drug-likeness (QED) is 0.101. The predicted octanol–water partition coefficient (Wildman–Crippen LogP) is 2.20. The fraction of sp³-hybridized carbons (Fsp3) is 0.500. The van der Waals surface area contributed by atoms with Crippen LogP contribution in [-0.2, 0) is 54.6 Å². The van der Waals surface area contributed by atoms with Gasteiger partial charge in [-0.05, 0) is 6.42 Å². The first-order valence-corrected chi connectivity index (χ1v) is 10.7. The molecule has 0 heterocycles. The van der Waals surface area contributed by atoms with E-state index in [0.717, 1.165) is 12.2 Å². The monoisotopic (exact) mass is 833 g/mol. The maximum absolute atomic E-state index is 10.7. The maximum atomic E-state index is 10.7. The molecule has 1 rings (SSSR count). The Morgan fingerprint density at radius 3 is 0.842 bits per heavy atom. The van der Waals surface area contributed by atoms with E-state index < -0.39 is 46.9 Å². The number of alkyl halides is 9. The molecule has 0 radical (unpaired) electrons. The Bertz CT molecular complexity index is 896. The van der Waals surface area contributed by atoms with Crippen molar-refractivity contribution in [3.05, 3.63) is 24.3 Å². The third-order valence-electron chi connectivity index (χ3n) is 1.92. The van der Waals surface area contributed by atoms with Crippen molar-refractivity contribution >= 4 is 36.1 Å². The molecule has 0 unspecified atom stereocenters. The van der Waals surface area contributed by atoms with Crippen molar-refractivity contribution in [2.75, 3.05) is 7.11 Å². The molecule has 0 atom stereocenters. The Labute approximate surface area is 223 Å². The van der Waals surface area contributed by atoms with Crippen LogP contribution in [0.5, 0.6) is 0 Å². The molecule has 38 heavy (non-hydrogen) atoms. The fourth-order valence-electron chi connectivity index (χ4n) is 0.639. The third kappa shape index (κ3) is 30.9. The van der Waals surface area contributed by atoms with Gasteiger partial charge in [-0.2, -0.15) is 39.5 Å². The summed E-state index contributed by atoms with van der Waals surface area (Å²) >= 11 is 0. The molecule has 238 valence electrons. The van der Waals surface area contributed by atoms with Gasteiger partial charge in [0.2, 0.25) is 0 Å². The molecule has 0 bridgehead atoms. The fourth-order valence-corrected chi connectivity index (χ4v) is 0.639. The minimum Gasteiger partial charge on any atom is -0.741 e. The number of halogens is 9. The van der Waals surface area contributed by atoms with Gasteiger partial charge < -0.3 is 44.4 Å². The van der Waals surface area contributed by atoms with Crippen LogP contribution < -0.4 is 30.8 Å².